The molecule has 0 aromatic rings. The van der Waals surface area contributed by atoms with Crippen LogP contribution in [0, 0.1) is 0 Å². The largest absolute Gasteiger partial charge is 0.325 e. The van der Waals surface area contributed by atoms with E-state index in [4.69, 9.17) is 0 Å². The van der Waals surface area contributed by atoms with Crippen LogP contribution in [0.5, 0.6) is 0 Å². The van der Waals surface area contributed by atoms with Gasteiger partial charge in [-0.05, 0) is 32.4 Å². The van der Waals surface area contributed by atoms with E-state index in [1.54, 1.807) is 0 Å². The van der Waals surface area contributed by atoms with E-state index in [-0.39, 0.29) is 12.2 Å². The lowest BCUT2D eigenvalue weighted by atomic mass is 10.1. The molecule has 0 aromatic heterocycles. The first-order chi connectivity index (χ1) is 8.12. The first-order valence-electron chi connectivity index (χ1n) is 6.73. The van der Waals surface area contributed by atoms with Gasteiger partial charge in [0.2, 0.25) is 5.91 Å². The van der Waals surface area contributed by atoms with Gasteiger partial charge in [-0.2, -0.15) is 11.8 Å². The van der Waals surface area contributed by atoms with E-state index in [9.17, 15) is 4.79 Å². The summed E-state index contributed by atoms with van der Waals surface area (Å²) < 4.78 is 0.380. The van der Waals surface area contributed by atoms with E-state index in [0.29, 0.717) is 10.7 Å². The Hall–Kier alpha value is -0.220. The van der Waals surface area contributed by atoms with Gasteiger partial charge in [0.1, 0.15) is 0 Å². The van der Waals surface area contributed by atoms with Crippen LogP contribution in [0.25, 0.3) is 0 Å². The van der Waals surface area contributed by atoms with Crippen LogP contribution in [-0.2, 0) is 4.79 Å². The average Bonchev–Trinajstić information content (AvgIpc) is 3.05. The smallest absolute Gasteiger partial charge is 0.241 e. The summed E-state index contributed by atoms with van der Waals surface area (Å²) in [5, 5.41) is 3.43. The fraction of sp³-hybridized carbons (Fsp3) is 0.923. The maximum atomic E-state index is 12.3. The Labute approximate surface area is 109 Å². The molecule has 0 aromatic carbocycles. The van der Waals surface area contributed by atoms with Crippen molar-refractivity contribution in [2.24, 2.45) is 0 Å². The van der Waals surface area contributed by atoms with E-state index < -0.39 is 0 Å². The quantitative estimate of drug-likeness (QED) is 0.791. The lowest BCUT2D eigenvalue weighted by molar-refractivity contribution is -0.130. The van der Waals surface area contributed by atoms with Gasteiger partial charge < -0.3 is 4.90 Å². The van der Waals surface area contributed by atoms with E-state index in [0.717, 1.165) is 25.8 Å². The molecule has 2 atom stereocenters. The van der Waals surface area contributed by atoms with E-state index >= 15 is 0 Å². The first-order valence-corrected chi connectivity index (χ1v) is 7.96. The van der Waals surface area contributed by atoms with Crippen LogP contribution in [0.4, 0.5) is 0 Å². The Bertz CT molecular complexity index is 291. The van der Waals surface area contributed by atoms with Crippen LogP contribution in [0.15, 0.2) is 0 Å². The third-order valence-corrected chi connectivity index (χ3v) is 5.44. The zero-order valence-electron chi connectivity index (χ0n) is 11.2. The third kappa shape index (κ3) is 2.79. The molecule has 1 saturated heterocycles. The van der Waals surface area contributed by atoms with Crippen molar-refractivity contribution in [1.82, 2.24) is 10.2 Å². The van der Waals surface area contributed by atoms with Crippen LogP contribution in [0.3, 0.4) is 0 Å². The molecular weight excluding hydrogens is 232 g/mol. The number of hydrogen-bond donors (Lipinski definition) is 1. The second-order valence-corrected chi connectivity index (χ2v) is 6.67. The van der Waals surface area contributed by atoms with Crippen LogP contribution in [0.1, 0.15) is 46.0 Å². The minimum absolute atomic E-state index is 0.0719. The number of hydrogen-bond acceptors (Lipinski definition) is 3. The first kappa shape index (κ1) is 13.2. The van der Waals surface area contributed by atoms with Crippen molar-refractivity contribution in [3.05, 3.63) is 0 Å². The van der Waals surface area contributed by atoms with Gasteiger partial charge in [0, 0.05) is 11.3 Å². The Balaban J connectivity index is 1.92. The summed E-state index contributed by atoms with van der Waals surface area (Å²) in [5.74, 6) is 0.325. The molecule has 1 saturated carbocycles. The maximum absolute atomic E-state index is 12.3. The normalized spacial score (nSPS) is 31.0. The van der Waals surface area contributed by atoms with Crippen LogP contribution >= 0.6 is 11.8 Å². The Morgan fingerprint density at radius 3 is 2.76 bits per heavy atom. The van der Waals surface area contributed by atoms with Crippen molar-refractivity contribution < 1.29 is 4.79 Å². The summed E-state index contributed by atoms with van der Waals surface area (Å²) in [4.78, 5) is 14.4. The molecule has 0 spiro atoms. The third-order valence-electron chi connectivity index (χ3n) is 4.04. The fourth-order valence-corrected chi connectivity index (χ4v) is 3.33. The molecule has 2 fully saturated rings. The predicted octanol–water partition coefficient (Wildman–Crippen LogP) is 2.22. The van der Waals surface area contributed by atoms with Crippen LogP contribution in [0.2, 0.25) is 0 Å². The summed E-state index contributed by atoms with van der Waals surface area (Å²) in [6.45, 7) is 5.22. The van der Waals surface area contributed by atoms with Crippen molar-refractivity contribution in [2.75, 3.05) is 12.8 Å². The molecule has 2 rings (SSSR count). The summed E-state index contributed by atoms with van der Waals surface area (Å²) in [6.07, 6.45) is 8.21. The Kier molecular flexibility index (Phi) is 4.03. The molecule has 17 heavy (non-hydrogen) atoms. The molecule has 98 valence electrons. The predicted molar refractivity (Wildman–Crippen MR) is 73.1 cm³/mol. The number of nitrogens with zero attached hydrogens (tertiary/aromatic N) is 1. The van der Waals surface area contributed by atoms with Gasteiger partial charge in [0.25, 0.3) is 0 Å². The summed E-state index contributed by atoms with van der Waals surface area (Å²) in [5.41, 5.74) is 0. The van der Waals surface area contributed by atoms with Gasteiger partial charge in [-0.15, -0.1) is 0 Å². The highest BCUT2D eigenvalue weighted by Crippen LogP contribution is 2.48. The van der Waals surface area contributed by atoms with E-state index in [1.807, 2.05) is 11.8 Å². The van der Waals surface area contributed by atoms with Crippen molar-refractivity contribution in [3.8, 4) is 0 Å². The van der Waals surface area contributed by atoms with Gasteiger partial charge in [-0.25, -0.2) is 0 Å². The molecule has 2 unspecified atom stereocenters. The van der Waals surface area contributed by atoms with Gasteiger partial charge in [0.15, 0.2) is 0 Å². The molecule has 0 bridgehead atoms. The molecule has 1 N–H and O–H groups in total. The lowest BCUT2D eigenvalue weighted by Crippen LogP contribution is -2.40. The monoisotopic (exact) mass is 256 g/mol. The molecule has 3 nitrogen and oxygen atoms in total. The number of rotatable bonds is 6. The highest BCUT2D eigenvalue weighted by atomic mass is 32.2. The summed E-state index contributed by atoms with van der Waals surface area (Å²) >= 11 is 1.93. The standard InChI is InChI=1S/C13H24N2OS/c1-4-5-6-11-12(16)15(10(2)14-11)9-13(17-3)7-8-13/h10-11,14H,4-9H2,1-3H3. The zero-order valence-corrected chi connectivity index (χ0v) is 12.0. The van der Waals surface area contributed by atoms with Gasteiger partial charge >= 0.3 is 0 Å². The van der Waals surface area contributed by atoms with Gasteiger partial charge in [-0.3, -0.25) is 10.1 Å². The molecule has 1 heterocycles. The van der Waals surface area contributed by atoms with Crippen LogP contribution < -0.4 is 5.32 Å². The number of nitrogens with one attached hydrogen (secondary N) is 1. The van der Waals surface area contributed by atoms with Crippen molar-refractivity contribution in [2.45, 2.75) is 62.9 Å². The fourth-order valence-electron chi connectivity index (χ4n) is 2.55. The minimum atomic E-state index is 0.0719. The SMILES string of the molecule is CCCCC1NC(C)N(CC2(SC)CC2)C1=O. The van der Waals surface area contributed by atoms with Crippen molar-refractivity contribution in [3.63, 3.8) is 0 Å². The second kappa shape index (κ2) is 5.19. The molecule has 1 amide bonds. The van der Waals surface area contributed by atoms with Crippen LogP contribution in [-0.4, -0.2) is 40.6 Å². The number of thioether (sulfide) groups is 1. The Morgan fingerprint density at radius 2 is 2.24 bits per heavy atom. The van der Waals surface area contributed by atoms with E-state index in [1.165, 1.54) is 12.8 Å². The number of unbranched alkanes of at least 4 members (excludes halogenated alkanes) is 1. The lowest BCUT2D eigenvalue weighted by Gasteiger charge is -2.25. The molecule has 4 heteroatoms. The summed E-state index contributed by atoms with van der Waals surface area (Å²) in [6, 6.07) is 0.0719. The van der Waals surface area contributed by atoms with Gasteiger partial charge in [0.05, 0.1) is 12.2 Å². The molecule has 0 radical (unpaired) electrons. The average molecular weight is 256 g/mol. The molecular formula is C13H24N2OS. The summed E-state index contributed by atoms with van der Waals surface area (Å²) in [7, 11) is 0. The topological polar surface area (TPSA) is 32.3 Å². The van der Waals surface area contributed by atoms with Crippen molar-refractivity contribution >= 4 is 17.7 Å². The number of amides is 1. The molecule has 1 aliphatic heterocycles. The highest BCUT2D eigenvalue weighted by molar-refractivity contribution is 8.00. The minimum Gasteiger partial charge on any atom is -0.325 e. The molecule has 1 aliphatic carbocycles. The van der Waals surface area contributed by atoms with Crippen molar-refractivity contribution in [1.29, 1.82) is 0 Å². The number of carbonyl (C=O) groups is 1. The molecule has 2 aliphatic rings. The second-order valence-electron chi connectivity index (χ2n) is 5.39. The Morgan fingerprint density at radius 1 is 1.53 bits per heavy atom. The number of carbonyl (C=O) groups excluding carboxylic acids is 1. The highest BCUT2D eigenvalue weighted by Gasteiger charge is 2.47. The maximum Gasteiger partial charge on any atom is 0.241 e. The van der Waals surface area contributed by atoms with E-state index in [2.05, 4.69) is 30.3 Å². The van der Waals surface area contributed by atoms with Gasteiger partial charge in [-0.1, -0.05) is 19.8 Å². The zero-order chi connectivity index (χ0) is 12.5.